The van der Waals surface area contributed by atoms with Crippen molar-refractivity contribution in [1.29, 1.82) is 0 Å². The summed E-state index contributed by atoms with van der Waals surface area (Å²) in [5.74, 6) is -1.25. The van der Waals surface area contributed by atoms with Crippen LogP contribution in [0.1, 0.15) is 12.8 Å². The molecule has 0 aromatic heterocycles. The molecule has 0 heterocycles. The highest BCUT2D eigenvalue weighted by Crippen LogP contribution is 2.35. The van der Waals surface area contributed by atoms with E-state index in [-0.39, 0.29) is 12.5 Å². The molecule has 0 aromatic rings. The van der Waals surface area contributed by atoms with Crippen LogP contribution in [0.25, 0.3) is 0 Å². The van der Waals surface area contributed by atoms with Gasteiger partial charge in [0.05, 0.1) is 0 Å². The number of carboxylic acids is 1. The van der Waals surface area contributed by atoms with Gasteiger partial charge < -0.3 is 15.9 Å². The largest absolute Gasteiger partial charge is 0.480 e. The molecule has 0 spiro atoms. The van der Waals surface area contributed by atoms with Crippen LogP contribution >= 0.6 is 0 Å². The molecular weight excluding hydrogens is 134 g/mol. The van der Waals surface area contributed by atoms with Gasteiger partial charge in [0, 0.05) is 12.5 Å². The number of hydrogen-bond donors (Lipinski definition) is 3. The van der Waals surface area contributed by atoms with Gasteiger partial charge in [-0.1, -0.05) is 0 Å². The molecule has 1 rings (SSSR count). The quantitative estimate of drug-likeness (QED) is 0.473. The summed E-state index contributed by atoms with van der Waals surface area (Å²) < 4.78 is 0. The average molecular weight is 145 g/mol. The van der Waals surface area contributed by atoms with Crippen molar-refractivity contribution in [2.75, 3.05) is 6.61 Å². The molecule has 0 radical (unpaired) electrons. The summed E-state index contributed by atoms with van der Waals surface area (Å²) in [6.07, 6.45) is 1.20. The molecule has 0 amide bonds. The molecule has 0 aliphatic heterocycles. The van der Waals surface area contributed by atoms with E-state index in [0.29, 0.717) is 6.42 Å². The van der Waals surface area contributed by atoms with Crippen molar-refractivity contribution in [2.45, 2.75) is 18.4 Å². The maximum Gasteiger partial charge on any atom is 0.324 e. The smallest absolute Gasteiger partial charge is 0.324 e. The van der Waals surface area contributed by atoms with Gasteiger partial charge >= 0.3 is 5.97 Å². The highest BCUT2D eigenvalue weighted by molar-refractivity contribution is 5.80. The van der Waals surface area contributed by atoms with Crippen LogP contribution in [0.2, 0.25) is 0 Å². The second-order valence-electron chi connectivity index (χ2n) is 2.76. The first-order chi connectivity index (χ1) is 4.61. The Bertz CT molecular complexity index is 157. The third-order valence-corrected chi connectivity index (χ3v) is 2.25. The van der Waals surface area contributed by atoms with Gasteiger partial charge in [-0.25, -0.2) is 0 Å². The van der Waals surface area contributed by atoms with E-state index in [1.54, 1.807) is 0 Å². The summed E-state index contributed by atoms with van der Waals surface area (Å²) in [5, 5.41) is 17.2. The zero-order valence-corrected chi connectivity index (χ0v) is 5.58. The molecule has 0 bridgehead atoms. The lowest BCUT2D eigenvalue weighted by Crippen LogP contribution is -2.61. The third kappa shape index (κ3) is 0.803. The van der Waals surface area contributed by atoms with E-state index in [9.17, 15) is 4.79 Å². The molecule has 1 saturated carbocycles. The predicted octanol–water partition coefficient (Wildman–Crippen LogP) is -0.829. The second-order valence-corrected chi connectivity index (χ2v) is 2.76. The average Bonchev–Trinajstić information content (AvgIpc) is 1.85. The van der Waals surface area contributed by atoms with Crippen molar-refractivity contribution in [3.63, 3.8) is 0 Å². The first-order valence-electron chi connectivity index (χ1n) is 3.24. The zero-order valence-electron chi connectivity index (χ0n) is 5.58. The van der Waals surface area contributed by atoms with E-state index in [2.05, 4.69) is 0 Å². The van der Waals surface area contributed by atoms with E-state index in [4.69, 9.17) is 15.9 Å². The summed E-state index contributed by atoms with van der Waals surface area (Å²) in [6.45, 7) is -0.122. The fraction of sp³-hybridized carbons (Fsp3) is 0.833. The zero-order chi connectivity index (χ0) is 7.78. The molecule has 0 unspecified atom stereocenters. The summed E-state index contributed by atoms with van der Waals surface area (Å²) >= 11 is 0. The molecule has 0 saturated heterocycles. The number of hydrogen-bond acceptors (Lipinski definition) is 3. The first-order valence-corrected chi connectivity index (χ1v) is 3.24. The fourth-order valence-electron chi connectivity index (χ4n) is 1.20. The predicted molar refractivity (Wildman–Crippen MR) is 34.4 cm³/mol. The van der Waals surface area contributed by atoms with E-state index in [1.807, 2.05) is 0 Å². The van der Waals surface area contributed by atoms with Crippen LogP contribution in [0.5, 0.6) is 0 Å². The molecular formula is C6H11NO3. The number of aliphatic hydroxyl groups is 1. The van der Waals surface area contributed by atoms with Gasteiger partial charge in [0.2, 0.25) is 0 Å². The molecule has 4 N–H and O–H groups in total. The lowest BCUT2D eigenvalue weighted by atomic mass is 9.68. The Morgan fingerprint density at radius 2 is 2.40 bits per heavy atom. The number of aliphatic carboxylic acids is 1. The molecule has 1 fully saturated rings. The molecule has 0 aromatic carbocycles. The van der Waals surface area contributed by atoms with Gasteiger partial charge in [-0.15, -0.1) is 0 Å². The minimum absolute atomic E-state index is 0.122. The standard InChI is InChI=1S/C6H11NO3/c7-6(5(9)10)2-1-4(6)3-8/h4,8H,1-3,7H2,(H,9,10)/t4-,6-/m0/s1. The molecule has 4 nitrogen and oxygen atoms in total. The Hall–Kier alpha value is -0.610. The van der Waals surface area contributed by atoms with Crippen LogP contribution < -0.4 is 5.73 Å². The lowest BCUT2D eigenvalue weighted by molar-refractivity contribution is -0.151. The number of carboxylic acid groups (broad SMARTS) is 1. The van der Waals surface area contributed by atoms with Crippen molar-refractivity contribution in [1.82, 2.24) is 0 Å². The summed E-state index contributed by atoms with van der Waals surface area (Å²) in [6, 6.07) is 0. The Morgan fingerprint density at radius 3 is 2.50 bits per heavy atom. The van der Waals surface area contributed by atoms with Crippen LogP contribution in [-0.2, 0) is 4.79 Å². The minimum Gasteiger partial charge on any atom is -0.480 e. The summed E-state index contributed by atoms with van der Waals surface area (Å²) in [5.41, 5.74) is 4.30. The normalized spacial score (nSPS) is 38.8. The first kappa shape index (κ1) is 7.50. The Morgan fingerprint density at radius 1 is 1.80 bits per heavy atom. The number of carbonyl (C=O) groups is 1. The van der Waals surface area contributed by atoms with Gasteiger partial charge in [0.15, 0.2) is 0 Å². The van der Waals surface area contributed by atoms with E-state index in [0.717, 1.165) is 6.42 Å². The van der Waals surface area contributed by atoms with E-state index >= 15 is 0 Å². The van der Waals surface area contributed by atoms with Gasteiger partial charge in [-0.3, -0.25) is 4.79 Å². The molecule has 2 atom stereocenters. The van der Waals surface area contributed by atoms with Gasteiger partial charge in [-0.2, -0.15) is 0 Å². The van der Waals surface area contributed by atoms with Crippen LogP contribution in [-0.4, -0.2) is 28.3 Å². The van der Waals surface area contributed by atoms with Crippen LogP contribution in [0.4, 0.5) is 0 Å². The summed E-state index contributed by atoms with van der Waals surface area (Å²) in [4.78, 5) is 10.4. The molecule has 1 aliphatic carbocycles. The number of aliphatic hydroxyl groups excluding tert-OH is 1. The maximum atomic E-state index is 10.4. The molecule has 1 aliphatic rings. The Kier molecular flexibility index (Phi) is 1.66. The monoisotopic (exact) mass is 145 g/mol. The topological polar surface area (TPSA) is 83.6 Å². The van der Waals surface area contributed by atoms with Crippen molar-refractivity contribution < 1.29 is 15.0 Å². The maximum absolute atomic E-state index is 10.4. The SMILES string of the molecule is N[C@@]1(C(=O)O)CC[C@H]1CO. The van der Waals surface area contributed by atoms with Crippen LogP contribution in [0.3, 0.4) is 0 Å². The molecule has 10 heavy (non-hydrogen) atoms. The number of nitrogens with two attached hydrogens (primary N) is 1. The highest BCUT2D eigenvalue weighted by atomic mass is 16.4. The lowest BCUT2D eigenvalue weighted by Gasteiger charge is -2.41. The van der Waals surface area contributed by atoms with Crippen LogP contribution in [0.15, 0.2) is 0 Å². The minimum atomic E-state index is -1.14. The third-order valence-electron chi connectivity index (χ3n) is 2.25. The van der Waals surface area contributed by atoms with Crippen molar-refractivity contribution in [3.8, 4) is 0 Å². The van der Waals surface area contributed by atoms with Crippen molar-refractivity contribution in [2.24, 2.45) is 11.7 Å². The van der Waals surface area contributed by atoms with Gasteiger partial charge in [-0.05, 0) is 12.8 Å². The Labute approximate surface area is 58.6 Å². The van der Waals surface area contributed by atoms with Crippen molar-refractivity contribution in [3.05, 3.63) is 0 Å². The molecule has 58 valence electrons. The van der Waals surface area contributed by atoms with Crippen LogP contribution in [0, 0.1) is 5.92 Å². The van der Waals surface area contributed by atoms with Gasteiger partial charge in [0.1, 0.15) is 5.54 Å². The van der Waals surface area contributed by atoms with E-state index in [1.165, 1.54) is 0 Å². The summed E-state index contributed by atoms with van der Waals surface area (Å²) in [7, 11) is 0. The number of rotatable bonds is 2. The second kappa shape index (κ2) is 2.21. The fourth-order valence-corrected chi connectivity index (χ4v) is 1.20. The van der Waals surface area contributed by atoms with Gasteiger partial charge in [0.25, 0.3) is 0 Å². The Balaban J connectivity index is 2.61. The van der Waals surface area contributed by atoms with E-state index < -0.39 is 11.5 Å². The van der Waals surface area contributed by atoms with Crippen molar-refractivity contribution >= 4 is 5.97 Å². The highest BCUT2D eigenvalue weighted by Gasteiger charge is 2.49. The molecule has 4 heteroatoms.